The number of hydrogen-bond donors (Lipinski definition) is 1. The van der Waals surface area contributed by atoms with Crippen molar-refractivity contribution in [2.75, 3.05) is 34.0 Å². The van der Waals surface area contributed by atoms with Gasteiger partial charge in [-0.3, -0.25) is 9.59 Å². The predicted octanol–water partition coefficient (Wildman–Crippen LogP) is 3.36. The number of amides is 2. The van der Waals surface area contributed by atoms with Crippen LogP contribution in [0.25, 0.3) is 0 Å². The van der Waals surface area contributed by atoms with Gasteiger partial charge in [0.05, 0.1) is 23.6 Å². The van der Waals surface area contributed by atoms with Crippen LogP contribution in [0.5, 0.6) is 0 Å². The Balaban J connectivity index is 1.63. The number of para-hydroxylation sites is 3. The number of nitrogens with zero attached hydrogens (tertiary/aromatic N) is 2. The molecule has 0 bridgehead atoms. The molecule has 2 aliphatic rings. The van der Waals surface area contributed by atoms with Crippen molar-refractivity contribution in [3.63, 3.8) is 0 Å². The third kappa shape index (κ3) is 3.17. The molecule has 1 N–H and O–H groups in total. The second-order valence-electron chi connectivity index (χ2n) is 6.62. The largest absolute Gasteiger partial charge is 0.360 e. The number of fused-ring (bicyclic) bond motifs is 2. The first-order chi connectivity index (χ1) is 12.6. The van der Waals surface area contributed by atoms with E-state index in [0.29, 0.717) is 18.7 Å². The van der Waals surface area contributed by atoms with E-state index in [1.807, 2.05) is 55.1 Å². The Morgan fingerprint density at radius 3 is 2.73 bits per heavy atom. The summed E-state index contributed by atoms with van der Waals surface area (Å²) in [6.07, 6.45) is 0.298. The Hall–Kier alpha value is -2.47. The standard InChI is InChI=1S/C20H21N3O2S/c1-14-12-19(24)21-15-6-2-3-7-16(15)23(14)20(25)13-22-10-11-26-18-9-5-4-8-17(18)22/h2-9,14H,10-13H2,1H3,(H,21,24)/t14-/m1/s1. The van der Waals surface area contributed by atoms with Crippen LogP contribution in [0, 0.1) is 0 Å². The summed E-state index contributed by atoms with van der Waals surface area (Å²) in [5, 5.41) is 2.91. The van der Waals surface area contributed by atoms with Crippen LogP contribution in [-0.2, 0) is 9.59 Å². The smallest absolute Gasteiger partial charge is 0.246 e. The highest BCUT2D eigenvalue weighted by Gasteiger charge is 2.31. The fraction of sp³-hybridized carbons (Fsp3) is 0.300. The highest BCUT2D eigenvalue weighted by atomic mass is 32.2. The molecule has 2 heterocycles. The quantitative estimate of drug-likeness (QED) is 0.884. The van der Waals surface area contributed by atoms with E-state index in [0.717, 1.165) is 23.7 Å². The molecule has 0 aliphatic carbocycles. The fourth-order valence-electron chi connectivity index (χ4n) is 3.60. The molecule has 2 amide bonds. The molecule has 4 rings (SSSR count). The summed E-state index contributed by atoms with van der Waals surface area (Å²) in [5.41, 5.74) is 2.59. The predicted molar refractivity (Wildman–Crippen MR) is 106 cm³/mol. The molecule has 0 aromatic heterocycles. The monoisotopic (exact) mass is 367 g/mol. The van der Waals surface area contributed by atoms with Crippen LogP contribution in [0.15, 0.2) is 53.4 Å². The highest BCUT2D eigenvalue weighted by molar-refractivity contribution is 7.99. The van der Waals surface area contributed by atoms with Gasteiger partial charge in [0.15, 0.2) is 0 Å². The van der Waals surface area contributed by atoms with E-state index in [4.69, 9.17) is 0 Å². The van der Waals surface area contributed by atoms with E-state index in [-0.39, 0.29) is 17.9 Å². The van der Waals surface area contributed by atoms with Crippen LogP contribution in [-0.4, -0.2) is 36.7 Å². The summed E-state index contributed by atoms with van der Waals surface area (Å²) in [6, 6.07) is 15.5. The summed E-state index contributed by atoms with van der Waals surface area (Å²) < 4.78 is 0. The minimum atomic E-state index is -0.180. The first kappa shape index (κ1) is 17.0. The van der Waals surface area contributed by atoms with Crippen molar-refractivity contribution in [1.82, 2.24) is 0 Å². The van der Waals surface area contributed by atoms with Crippen molar-refractivity contribution < 1.29 is 9.59 Å². The van der Waals surface area contributed by atoms with Gasteiger partial charge in [0.1, 0.15) is 0 Å². The zero-order chi connectivity index (χ0) is 18.1. The molecule has 5 nitrogen and oxygen atoms in total. The van der Waals surface area contributed by atoms with E-state index < -0.39 is 0 Å². The van der Waals surface area contributed by atoms with Crippen molar-refractivity contribution in [3.8, 4) is 0 Å². The lowest BCUT2D eigenvalue weighted by molar-refractivity contribution is -0.118. The molecular formula is C20H21N3O2S. The van der Waals surface area contributed by atoms with Crippen LogP contribution in [0.3, 0.4) is 0 Å². The molecule has 0 radical (unpaired) electrons. The van der Waals surface area contributed by atoms with Crippen molar-refractivity contribution >= 4 is 40.6 Å². The van der Waals surface area contributed by atoms with E-state index in [9.17, 15) is 9.59 Å². The molecule has 2 aromatic carbocycles. The molecule has 0 saturated heterocycles. The van der Waals surface area contributed by atoms with Gasteiger partial charge in [-0.25, -0.2) is 0 Å². The molecule has 0 saturated carbocycles. The third-order valence-corrected chi connectivity index (χ3v) is 5.82. The number of carbonyl (C=O) groups is 2. The Kier molecular flexibility index (Phi) is 4.59. The average Bonchev–Trinajstić information content (AvgIpc) is 2.76. The summed E-state index contributed by atoms with van der Waals surface area (Å²) >= 11 is 1.83. The zero-order valence-electron chi connectivity index (χ0n) is 14.6. The summed E-state index contributed by atoms with van der Waals surface area (Å²) in [6.45, 7) is 3.08. The van der Waals surface area contributed by atoms with Crippen LogP contribution < -0.4 is 15.1 Å². The third-order valence-electron chi connectivity index (χ3n) is 4.78. The minimum absolute atomic E-state index is 0.0168. The molecule has 0 unspecified atom stereocenters. The van der Waals surface area contributed by atoms with Gasteiger partial charge in [-0.2, -0.15) is 0 Å². The van der Waals surface area contributed by atoms with Crippen molar-refractivity contribution in [3.05, 3.63) is 48.5 Å². The first-order valence-corrected chi connectivity index (χ1v) is 9.80. The lowest BCUT2D eigenvalue weighted by Crippen LogP contribution is -2.46. The first-order valence-electron chi connectivity index (χ1n) is 8.81. The number of thioether (sulfide) groups is 1. The Labute approximate surface area is 157 Å². The van der Waals surface area contributed by atoms with Gasteiger partial charge in [0, 0.05) is 29.7 Å². The van der Waals surface area contributed by atoms with E-state index >= 15 is 0 Å². The van der Waals surface area contributed by atoms with E-state index in [1.165, 1.54) is 4.90 Å². The Morgan fingerprint density at radius 1 is 1.15 bits per heavy atom. The zero-order valence-corrected chi connectivity index (χ0v) is 15.5. The second kappa shape index (κ2) is 7.03. The number of carbonyl (C=O) groups excluding carboxylic acids is 2. The van der Waals surface area contributed by atoms with Gasteiger partial charge in [-0.05, 0) is 31.2 Å². The molecule has 134 valence electrons. The molecule has 26 heavy (non-hydrogen) atoms. The summed E-state index contributed by atoms with van der Waals surface area (Å²) in [7, 11) is 0. The van der Waals surface area contributed by atoms with Crippen LogP contribution in [0.1, 0.15) is 13.3 Å². The molecule has 6 heteroatoms. The normalized spacial score (nSPS) is 19.3. The SMILES string of the molecule is C[C@@H]1CC(=O)Nc2ccccc2N1C(=O)CN1CCSc2ccccc21. The molecule has 2 aromatic rings. The maximum atomic E-state index is 13.2. The van der Waals surface area contributed by atoms with Gasteiger partial charge in [0.2, 0.25) is 11.8 Å². The topological polar surface area (TPSA) is 52.7 Å². The number of nitrogens with one attached hydrogen (secondary N) is 1. The second-order valence-corrected chi connectivity index (χ2v) is 7.76. The minimum Gasteiger partial charge on any atom is -0.360 e. The average molecular weight is 367 g/mol. The van der Waals surface area contributed by atoms with Crippen LogP contribution >= 0.6 is 11.8 Å². The van der Waals surface area contributed by atoms with Gasteiger partial charge in [-0.1, -0.05) is 24.3 Å². The van der Waals surface area contributed by atoms with Gasteiger partial charge in [-0.15, -0.1) is 11.8 Å². The number of benzene rings is 2. The maximum absolute atomic E-state index is 13.2. The number of hydrogen-bond acceptors (Lipinski definition) is 4. The lowest BCUT2D eigenvalue weighted by Gasteiger charge is -2.34. The maximum Gasteiger partial charge on any atom is 0.246 e. The highest BCUT2D eigenvalue weighted by Crippen LogP contribution is 2.35. The van der Waals surface area contributed by atoms with Crippen molar-refractivity contribution in [2.24, 2.45) is 0 Å². The van der Waals surface area contributed by atoms with Gasteiger partial charge < -0.3 is 15.1 Å². The van der Waals surface area contributed by atoms with Crippen LogP contribution in [0.4, 0.5) is 17.1 Å². The van der Waals surface area contributed by atoms with Gasteiger partial charge >= 0.3 is 0 Å². The van der Waals surface area contributed by atoms with Crippen molar-refractivity contribution in [1.29, 1.82) is 0 Å². The molecular weight excluding hydrogens is 346 g/mol. The Morgan fingerprint density at radius 2 is 1.88 bits per heavy atom. The van der Waals surface area contributed by atoms with Gasteiger partial charge in [0.25, 0.3) is 0 Å². The van der Waals surface area contributed by atoms with E-state index in [2.05, 4.69) is 22.3 Å². The summed E-state index contributed by atoms with van der Waals surface area (Å²) in [4.78, 5) is 30.5. The molecule has 0 spiro atoms. The fourth-order valence-corrected chi connectivity index (χ4v) is 4.65. The number of anilines is 3. The summed E-state index contributed by atoms with van der Waals surface area (Å²) in [5.74, 6) is 0.930. The molecule has 1 atom stereocenters. The number of rotatable bonds is 2. The lowest BCUT2D eigenvalue weighted by atomic mass is 10.1. The Bertz CT molecular complexity index is 854. The van der Waals surface area contributed by atoms with Crippen molar-refractivity contribution in [2.45, 2.75) is 24.3 Å². The molecule has 0 fully saturated rings. The van der Waals surface area contributed by atoms with E-state index in [1.54, 1.807) is 4.90 Å². The molecule has 2 aliphatic heterocycles. The van der Waals surface area contributed by atoms with Crippen LogP contribution in [0.2, 0.25) is 0 Å².